The third kappa shape index (κ3) is 5.07. The van der Waals surface area contributed by atoms with Crippen molar-refractivity contribution in [2.75, 3.05) is 26.9 Å². The standard InChI is InChI=1S/C12H24N2O2/c1-15-9-10-16-8-7-12(14-13)11-5-3-2-4-6-11/h5,12,14H,2-4,6-10,13H2,1H3. The van der Waals surface area contributed by atoms with Crippen LogP contribution in [0.25, 0.3) is 0 Å². The van der Waals surface area contributed by atoms with Crippen LogP contribution in [0, 0.1) is 0 Å². The molecule has 0 saturated heterocycles. The summed E-state index contributed by atoms with van der Waals surface area (Å²) in [6.45, 7) is 2.05. The van der Waals surface area contributed by atoms with Crippen LogP contribution in [-0.4, -0.2) is 33.0 Å². The van der Waals surface area contributed by atoms with E-state index < -0.39 is 0 Å². The van der Waals surface area contributed by atoms with Gasteiger partial charge in [0.05, 0.1) is 13.2 Å². The summed E-state index contributed by atoms with van der Waals surface area (Å²) in [5.41, 5.74) is 4.33. The first-order valence-corrected chi connectivity index (χ1v) is 6.10. The van der Waals surface area contributed by atoms with E-state index in [-0.39, 0.29) is 6.04 Å². The monoisotopic (exact) mass is 228 g/mol. The molecule has 0 spiro atoms. The van der Waals surface area contributed by atoms with Gasteiger partial charge < -0.3 is 9.47 Å². The van der Waals surface area contributed by atoms with Crippen LogP contribution in [0.3, 0.4) is 0 Å². The first-order chi connectivity index (χ1) is 7.88. The van der Waals surface area contributed by atoms with Crippen molar-refractivity contribution >= 4 is 0 Å². The molecule has 4 nitrogen and oxygen atoms in total. The Morgan fingerprint density at radius 2 is 2.25 bits per heavy atom. The van der Waals surface area contributed by atoms with Crippen molar-refractivity contribution in [1.82, 2.24) is 5.43 Å². The van der Waals surface area contributed by atoms with Crippen LogP contribution < -0.4 is 11.3 Å². The lowest BCUT2D eigenvalue weighted by Crippen LogP contribution is -2.38. The predicted octanol–water partition coefficient (Wildman–Crippen LogP) is 1.37. The van der Waals surface area contributed by atoms with Gasteiger partial charge in [-0.3, -0.25) is 11.3 Å². The Kier molecular flexibility index (Phi) is 7.42. The smallest absolute Gasteiger partial charge is 0.0700 e. The van der Waals surface area contributed by atoms with E-state index in [9.17, 15) is 0 Å². The van der Waals surface area contributed by atoms with Gasteiger partial charge in [0, 0.05) is 19.8 Å². The number of nitrogens with two attached hydrogens (primary N) is 1. The first kappa shape index (κ1) is 13.6. The maximum atomic E-state index is 5.57. The Labute approximate surface area is 98.1 Å². The fourth-order valence-electron chi connectivity index (χ4n) is 2.00. The third-order valence-corrected chi connectivity index (χ3v) is 2.96. The van der Waals surface area contributed by atoms with E-state index in [1.807, 2.05) is 0 Å². The number of hydrogen-bond donors (Lipinski definition) is 2. The van der Waals surface area contributed by atoms with E-state index >= 15 is 0 Å². The van der Waals surface area contributed by atoms with Crippen molar-refractivity contribution in [3.63, 3.8) is 0 Å². The van der Waals surface area contributed by atoms with Gasteiger partial charge >= 0.3 is 0 Å². The maximum Gasteiger partial charge on any atom is 0.0700 e. The summed E-state index contributed by atoms with van der Waals surface area (Å²) in [5, 5.41) is 0. The Bertz CT molecular complexity index is 207. The minimum atomic E-state index is 0.280. The van der Waals surface area contributed by atoms with Gasteiger partial charge in [0.25, 0.3) is 0 Å². The van der Waals surface area contributed by atoms with E-state index in [2.05, 4.69) is 11.5 Å². The molecule has 94 valence electrons. The summed E-state index contributed by atoms with van der Waals surface area (Å²) >= 11 is 0. The molecule has 1 aliphatic rings. The lowest BCUT2D eigenvalue weighted by molar-refractivity contribution is 0.0669. The molecule has 0 saturated carbocycles. The quantitative estimate of drug-likeness (QED) is 0.285. The number of nitrogens with one attached hydrogen (secondary N) is 1. The molecule has 16 heavy (non-hydrogen) atoms. The van der Waals surface area contributed by atoms with Crippen molar-refractivity contribution in [2.45, 2.75) is 38.1 Å². The summed E-state index contributed by atoms with van der Waals surface area (Å²) in [7, 11) is 1.68. The molecule has 1 aliphatic carbocycles. The summed E-state index contributed by atoms with van der Waals surface area (Å²) < 4.78 is 10.4. The van der Waals surface area contributed by atoms with Gasteiger partial charge in [0.1, 0.15) is 0 Å². The first-order valence-electron chi connectivity index (χ1n) is 6.10. The highest BCUT2D eigenvalue weighted by Crippen LogP contribution is 2.21. The minimum absolute atomic E-state index is 0.280. The van der Waals surface area contributed by atoms with Gasteiger partial charge in [-0.2, -0.15) is 0 Å². The second-order valence-corrected chi connectivity index (χ2v) is 4.14. The lowest BCUT2D eigenvalue weighted by atomic mass is 9.93. The largest absolute Gasteiger partial charge is 0.382 e. The average Bonchev–Trinajstić information content (AvgIpc) is 2.35. The Balaban J connectivity index is 2.18. The van der Waals surface area contributed by atoms with Crippen LogP contribution >= 0.6 is 0 Å². The topological polar surface area (TPSA) is 56.5 Å². The molecule has 0 heterocycles. The van der Waals surface area contributed by atoms with Crippen molar-refractivity contribution < 1.29 is 9.47 Å². The van der Waals surface area contributed by atoms with Crippen molar-refractivity contribution in [3.05, 3.63) is 11.6 Å². The number of methoxy groups -OCH3 is 1. The second kappa shape index (κ2) is 8.70. The molecular formula is C12H24N2O2. The van der Waals surface area contributed by atoms with E-state index in [0.29, 0.717) is 13.2 Å². The van der Waals surface area contributed by atoms with Gasteiger partial charge in [-0.25, -0.2) is 0 Å². The fourth-order valence-corrected chi connectivity index (χ4v) is 2.00. The van der Waals surface area contributed by atoms with E-state index in [1.165, 1.54) is 31.3 Å². The Hall–Kier alpha value is -0.420. The highest BCUT2D eigenvalue weighted by molar-refractivity contribution is 5.12. The van der Waals surface area contributed by atoms with Crippen LogP contribution in [0.4, 0.5) is 0 Å². The van der Waals surface area contributed by atoms with Gasteiger partial charge in [-0.05, 0) is 32.1 Å². The second-order valence-electron chi connectivity index (χ2n) is 4.14. The van der Waals surface area contributed by atoms with E-state index in [1.54, 1.807) is 7.11 Å². The molecule has 0 aliphatic heterocycles. The molecule has 1 rings (SSSR count). The van der Waals surface area contributed by atoms with Crippen molar-refractivity contribution in [2.24, 2.45) is 5.84 Å². The van der Waals surface area contributed by atoms with Gasteiger partial charge in [0.15, 0.2) is 0 Å². The number of rotatable bonds is 8. The van der Waals surface area contributed by atoms with Crippen molar-refractivity contribution in [1.29, 1.82) is 0 Å². The molecular weight excluding hydrogens is 204 g/mol. The van der Waals surface area contributed by atoms with Gasteiger partial charge in [-0.15, -0.1) is 0 Å². The highest BCUT2D eigenvalue weighted by Gasteiger charge is 2.14. The van der Waals surface area contributed by atoms with Crippen LogP contribution in [0.5, 0.6) is 0 Å². The molecule has 0 aromatic carbocycles. The molecule has 0 aromatic rings. The highest BCUT2D eigenvalue weighted by atomic mass is 16.5. The lowest BCUT2D eigenvalue weighted by Gasteiger charge is -2.22. The number of hydrazine groups is 1. The summed E-state index contributed by atoms with van der Waals surface area (Å²) in [6, 6.07) is 0.280. The molecule has 0 radical (unpaired) electrons. The molecule has 1 unspecified atom stereocenters. The molecule has 3 N–H and O–H groups in total. The molecule has 4 heteroatoms. The molecule has 0 bridgehead atoms. The summed E-state index contributed by atoms with van der Waals surface area (Å²) in [4.78, 5) is 0. The zero-order valence-electron chi connectivity index (χ0n) is 10.2. The van der Waals surface area contributed by atoms with Gasteiger partial charge in [-0.1, -0.05) is 11.6 Å². The molecule has 0 fully saturated rings. The average molecular weight is 228 g/mol. The zero-order valence-corrected chi connectivity index (χ0v) is 10.2. The number of allylic oxidation sites excluding steroid dienone is 1. The molecule has 1 atom stereocenters. The van der Waals surface area contributed by atoms with Gasteiger partial charge in [0.2, 0.25) is 0 Å². The van der Waals surface area contributed by atoms with Crippen LogP contribution in [0.15, 0.2) is 11.6 Å². The molecule has 0 aromatic heterocycles. The van der Waals surface area contributed by atoms with Crippen LogP contribution in [0.1, 0.15) is 32.1 Å². The molecule has 0 amide bonds. The Morgan fingerprint density at radius 3 is 2.88 bits per heavy atom. The van der Waals surface area contributed by atoms with Crippen molar-refractivity contribution in [3.8, 4) is 0 Å². The minimum Gasteiger partial charge on any atom is -0.382 e. The van der Waals surface area contributed by atoms with Crippen LogP contribution in [0.2, 0.25) is 0 Å². The zero-order chi connectivity index (χ0) is 11.6. The summed E-state index contributed by atoms with van der Waals surface area (Å²) in [6.07, 6.45) is 8.22. The predicted molar refractivity (Wildman–Crippen MR) is 65.0 cm³/mol. The normalized spacial score (nSPS) is 18.2. The Morgan fingerprint density at radius 1 is 1.38 bits per heavy atom. The fraction of sp³-hybridized carbons (Fsp3) is 0.833. The van der Waals surface area contributed by atoms with E-state index in [0.717, 1.165) is 13.0 Å². The van der Waals surface area contributed by atoms with E-state index in [4.69, 9.17) is 15.3 Å². The number of ether oxygens (including phenoxy) is 2. The van der Waals surface area contributed by atoms with Crippen LogP contribution in [-0.2, 0) is 9.47 Å². The SMILES string of the molecule is COCCOCCC(NN)C1=CCCCC1. The third-order valence-electron chi connectivity index (χ3n) is 2.96. The number of hydrogen-bond acceptors (Lipinski definition) is 4. The summed E-state index contributed by atoms with van der Waals surface area (Å²) in [5.74, 6) is 5.57. The maximum absolute atomic E-state index is 5.57.